The van der Waals surface area contributed by atoms with E-state index in [0.717, 1.165) is 14.9 Å². The van der Waals surface area contributed by atoms with Crippen molar-refractivity contribution in [2.75, 3.05) is 23.9 Å². The van der Waals surface area contributed by atoms with Crippen LogP contribution in [0.5, 0.6) is 11.5 Å². The molecule has 0 spiro atoms. The molecule has 9 nitrogen and oxygen atoms in total. The molecule has 0 unspecified atom stereocenters. The van der Waals surface area contributed by atoms with Gasteiger partial charge in [-0.2, -0.15) is 0 Å². The van der Waals surface area contributed by atoms with Gasteiger partial charge >= 0.3 is 6.03 Å². The van der Waals surface area contributed by atoms with E-state index < -0.39 is 17.8 Å². The first-order chi connectivity index (χ1) is 18.2. The van der Waals surface area contributed by atoms with Gasteiger partial charge < -0.3 is 14.8 Å². The Kier molecular flexibility index (Phi) is 8.28. The number of hydrogen-bond donors (Lipinski definition) is 2. The van der Waals surface area contributed by atoms with Crippen molar-refractivity contribution < 1.29 is 28.7 Å². The topological polar surface area (TPSA) is 114 Å². The molecule has 0 bridgehead atoms. The van der Waals surface area contributed by atoms with Crippen LogP contribution in [0.2, 0.25) is 0 Å². The first kappa shape index (κ1) is 27.1. The molecule has 3 aromatic rings. The van der Waals surface area contributed by atoms with Crippen molar-refractivity contribution in [3.63, 3.8) is 0 Å². The summed E-state index contributed by atoms with van der Waals surface area (Å²) < 4.78 is 12.3. The Bertz CT molecular complexity index is 1450. The maximum atomic E-state index is 13.1. The molecule has 0 aromatic heterocycles. The van der Waals surface area contributed by atoms with Gasteiger partial charge in [0.2, 0.25) is 0 Å². The van der Waals surface area contributed by atoms with Crippen molar-refractivity contribution in [1.82, 2.24) is 5.32 Å². The Balaban J connectivity index is 1.55. The standard InChI is InChI=1S/C27H21Br2N3O6/c1-15-3-7-18(8-4-15)30-23(33)14-38-24-21(29)12-16(13-22(24)37-2)11-20-25(34)31-27(36)32(26(20)35)19-9-5-17(28)6-10-19/h3-13H,14H2,1-2H3,(H,30,33)(H,31,34,36)/b20-11+. The number of anilines is 2. The molecule has 0 aliphatic carbocycles. The third-order valence-corrected chi connectivity index (χ3v) is 6.55. The van der Waals surface area contributed by atoms with E-state index in [4.69, 9.17) is 9.47 Å². The number of methoxy groups -OCH3 is 1. The van der Waals surface area contributed by atoms with Gasteiger partial charge in [0.05, 0.1) is 17.3 Å². The summed E-state index contributed by atoms with van der Waals surface area (Å²) in [5, 5.41) is 4.94. The molecule has 194 valence electrons. The SMILES string of the molecule is COc1cc(/C=C2\C(=O)NC(=O)N(c3ccc(Br)cc3)C2=O)cc(Br)c1OCC(=O)Nc1ccc(C)cc1. The minimum absolute atomic E-state index is 0.243. The highest BCUT2D eigenvalue weighted by molar-refractivity contribution is 9.10. The average Bonchev–Trinajstić information content (AvgIpc) is 2.88. The van der Waals surface area contributed by atoms with Crippen molar-refractivity contribution in [1.29, 1.82) is 0 Å². The van der Waals surface area contributed by atoms with Crippen molar-refractivity contribution in [3.05, 3.63) is 86.3 Å². The van der Waals surface area contributed by atoms with E-state index in [0.29, 0.717) is 21.4 Å². The predicted octanol–water partition coefficient (Wildman–Crippen LogP) is 5.21. The molecule has 0 saturated carbocycles. The molecule has 1 heterocycles. The second kappa shape index (κ2) is 11.6. The van der Waals surface area contributed by atoms with Crippen LogP contribution < -0.4 is 25.0 Å². The smallest absolute Gasteiger partial charge is 0.335 e. The number of hydrogen-bond acceptors (Lipinski definition) is 6. The van der Waals surface area contributed by atoms with Gasteiger partial charge in [-0.1, -0.05) is 33.6 Å². The van der Waals surface area contributed by atoms with E-state index in [2.05, 4.69) is 42.5 Å². The quantitative estimate of drug-likeness (QED) is 0.270. The predicted molar refractivity (Wildman–Crippen MR) is 149 cm³/mol. The summed E-state index contributed by atoms with van der Waals surface area (Å²) in [6.45, 7) is 1.67. The van der Waals surface area contributed by atoms with Gasteiger partial charge in [-0.15, -0.1) is 0 Å². The zero-order chi connectivity index (χ0) is 27.4. The lowest BCUT2D eigenvalue weighted by Gasteiger charge is -2.26. The fraction of sp³-hybridized carbons (Fsp3) is 0.111. The number of barbiturate groups is 1. The largest absolute Gasteiger partial charge is 0.493 e. The van der Waals surface area contributed by atoms with Crippen LogP contribution in [0.3, 0.4) is 0 Å². The van der Waals surface area contributed by atoms with Crippen LogP contribution in [0.1, 0.15) is 11.1 Å². The Morgan fingerprint density at radius 3 is 2.37 bits per heavy atom. The van der Waals surface area contributed by atoms with Crippen LogP contribution in [0.15, 0.2) is 75.2 Å². The maximum Gasteiger partial charge on any atom is 0.335 e. The van der Waals surface area contributed by atoms with Crippen molar-refractivity contribution in [2.24, 2.45) is 0 Å². The van der Waals surface area contributed by atoms with Crippen LogP contribution >= 0.6 is 31.9 Å². The minimum atomic E-state index is -0.842. The van der Waals surface area contributed by atoms with Crippen molar-refractivity contribution >= 4 is 73.1 Å². The molecule has 1 fully saturated rings. The number of halogens is 2. The molecular weight excluding hydrogens is 622 g/mol. The van der Waals surface area contributed by atoms with Crippen LogP contribution in [-0.4, -0.2) is 37.5 Å². The lowest BCUT2D eigenvalue weighted by atomic mass is 10.1. The lowest BCUT2D eigenvalue weighted by Crippen LogP contribution is -2.54. The Morgan fingerprint density at radius 1 is 1.03 bits per heavy atom. The number of carbonyl (C=O) groups is 4. The summed E-state index contributed by atoms with van der Waals surface area (Å²) in [6.07, 6.45) is 1.34. The van der Waals surface area contributed by atoms with Crippen LogP contribution in [0.4, 0.5) is 16.2 Å². The Hall–Kier alpha value is -3.96. The molecule has 0 radical (unpaired) electrons. The van der Waals surface area contributed by atoms with Crippen LogP contribution in [-0.2, 0) is 14.4 Å². The van der Waals surface area contributed by atoms with Crippen molar-refractivity contribution in [2.45, 2.75) is 6.92 Å². The summed E-state index contributed by atoms with van der Waals surface area (Å²) in [4.78, 5) is 51.3. The second-order valence-electron chi connectivity index (χ2n) is 8.17. The van der Waals surface area contributed by atoms with Gasteiger partial charge in [0.25, 0.3) is 17.7 Å². The molecule has 0 atom stereocenters. The number of nitrogens with zero attached hydrogens (tertiary/aromatic N) is 1. The fourth-order valence-electron chi connectivity index (χ4n) is 3.58. The van der Waals surface area contributed by atoms with Gasteiger partial charge in [-0.05, 0) is 83.0 Å². The monoisotopic (exact) mass is 641 g/mol. The maximum absolute atomic E-state index is 13.1. The fourth-order valence-corrected chi connectivity index (χ4v) is 4.42. The van der Waals surface area contributed by atoms with E-state index in [9.17, 15) is 19.2 Å². The van der Waals surface area contributed by atoms with E-state index in [-0.39, 0.29) is 29.6 Å². The van der Waals surface area contributed by atoms with Crippen LogP contribution in [0.25, 0.3) is 6.08 Å². The molecule has 2 N–H and O–H groups in total. The van der Waals surface area contributed by atoms with E-state index in [1.54, 1.807) is 48.5 Å². The summed E-state index contributed by atoms with van der Waals surface area (Å²) in [5.74, 6) is -1.43. The van der Waals surface area contributed by atoms with E-state index in [1.807, 2.05) is 19.1 Å². The van der Waals surface area contributed by atoms with Gasteiger partial charge in [0, 0.05) is 10.2 Å². The van der Waals surface area contributed by atoms with Gasteiger partial charge in [0.1, 0.15) is 5.57 Å². The number of carbonyl (C=O) groups excluding carboxylic acids is 4. The summed E-state index contributed by atoms with van der Waals surface area (Å²) >= 11 is 6.71. The van der Waals surface area contributed by atoms with E-state index in [1.165, 1.54) is 13.2 Å². The zero-order valence-electron chi connectivity index (χ0n) is 20.2. The average molecular weight is 643 g/mol. The minimum Gasteiger partial charge on any atom is -0.493 e. The molecule has 1 aliphatic heterocycles. The molecule has 1 aliphatic rings. The first-order valence-electron chi connectivity index (χ1n) is 11.2. The number of ether oxygens (including phenoxy) is 2. The summed E-state index contributed by atoms with van der Waals surface area (Å²) in [5.41, 5.74) is 2.20. The lowest BCUT2D eigenvalue weighted by molar-refractivity contribution is -0.122. The number of benzene rings is 3. The molecular formula is C27H21Br2N3O6. The van der Waals surface area contributed by atoms with E-state index >= 15 is 0 Å². The highest BCUT2D eigenvalue weighted by atomic mass is 79.9. The Labute approximate surface area is 235 Å². The number of rotatable bonds is 7. The number of amides is 5. The van der Waals surface area contributed by atoms with Crippen molar-refractivity contribution in [3.8, 4) is 11.5 Å². The summed E-state index contributed by atoms with van der Waals surface area (Å²) in [7, 11) is 1.42. The third kappa shape index (κ3) is 6.12. The van der Waals surface area contributed by atoms with Gasteiger partial charge in [0.15, 0.2) is 18.1 Å². The highest BCUT2D eigenvalue weighted by Crippen LogP contribution is 2.37. The number of imide groups is 2. The highest BCUT2D eigenvalue weighted by Gasteiger charge is 2.36. The first-order valence-corrected chi connectivity index (χ1v) is 12.8. The molecule has 3 aromatic carbocycles. The van der Waals surface area contributed by atoms with Gasteiger partial charge in [-0.3, -0.25) is 19.7 Å². The molecule has 1 saturated heterocycles. The number of aryl methyl sites for hydroxylation is 1. The Morgan fingerprint density at radius 2 is 1.71 bits per heavy atom. The zero-order valence-corrected chi connectivity index (χ0v) is 23.4. The van der Waals surface area contributed by atoms with Gasteiger partial charge in [-0.25, -0.2) is 9.69 Å². The third-order valence-electron chi connectivity index (χ3n) is 5.43. The summed E-state index contributed by atoms with van der Waals surface area (Å²) in [6, 6.07) is 16.2. The molecule has 38 heavy (non-hydrogen) atoms. The second-order valence-corrected chi connectivity index (χ2v) is 9.94. The number of urea groups is 1. The van der Waals surface area contributed by atoms with Crippen LogP contribution in [0, 0.1) is 6.92 Å². The number of nitrogens with one attached hydrogen (secondary N) is 2. The molecule has 11 heteroatoms. The molecule has 4 rings (SSSR count). The normalized spacial score (nSPS) is 14.4. The molecule has 5 amide bonds.